The summed E-state index contributed by atoms with van der Waals surface area (Å²) in [6.07, 6.45) is -1.43. The topological polar surface area (TPSA) is 70.3 Å². The Hall–Kier alpha value is -1.93. The maximum atomic E-state index is 13.0. The Kier molecular flexibility index (Phi) is 3.97. The maximum Gasteiger partial charge on any atom is 0.335 e. The lowest BCUT2D eigenvalue weighted by Crippen LogP contribution is -2.24. The molecule has 0 saturated carbocycles. The van der Waals surface area contributed by atoms with Crippen LogP contribution in [0, 0.1) is 17.1 Å². The predicted octanol–water partition coefficient (Wildman–Crippen LogP) is 0.774. The summed E-state index contributed by atoms with van der Waals surface area (Å²) in [5.74, 6) is -1.37. The number of methoxy groups -OCH3 is 1. The van der Waals surface area contributed by atoms with E-state index in [1.807, 2.05) is 0 Å². The largest absolute Gasteiger partial charge is 0.467 e. The van der Waals surface area contributed by atoms with Crippen molar-refractivity contribution < 1.29 is 19.0 Å². The number of halogens is 1. The summed E-state index contributed by atoms with van der Waals surface area (Å²) in [7, 11) is 1.15. The van der Waals surface area contributed by atoms with E-state index in [-0.39, 0.29) is 12.0 Å². The van der Waals surface area contributed by atoms with Gasteiger partial charge in [-0.3, -0.25) is 0 Å². The molecule has 0 aromatic heterocycles. The zero-order valence-electron chi connectivity index (χ0n) is 8.61. The number of hydrogen-bond acceptors (Lipinski definition) is 4. The summed E-state index contributed by atoms with van der Waals surface area (Å²) in [6, 6.07) is 5.44. The van der Waals surface area contributed by atoms with Crippen LogP contribution in [0.2, 0.25) is 0 Å². The Morgan fingerprint density at radius 1 is 1.62 bits per heavy atom. The minimum absolute atomic E-state index is 0.0842. The Bertz CT molecular complexity index is 439. The third-order valence-electron chi connectivity index (χ3n) is 1.99. The summed E-state index contributed by atoms with van der Waals surface area (Å²) in [5.41, 5.74) is 0.515. The molecule has 0 aliphatic rings. The van der Waals surface area contributed by atoms with E-state index in [0.717, 1.165) is 19.2 Å². The molecule has 0 heterocycles. The predicted molar refractivity (Wildman–Crippen MR) is 52.8 cm³/mol. The summed E-state index contributed by atoms with van der Waals surface area (Å²) in [6.45, 7) is 0. The molecule has 0 amide bonds. The molecule has 0 aliphatic heterocycles. The van der Waals surface area contributed by atoms with Crippen LogP contribution < -0.4 is 0 Å². The van der Waals surface area contributed by atoms with Crippen LogP contribution in [0.1, 0.15) is 11.1 Å². The molecular weight excluding hydrogens is 213 g/mol. The van der Waals surface area contributed by atoms with Gasteiger partial charge < -0.3 is 9.84 Å². The zero-order valence-corrected chi connectivity index (χ0v) is 8.61. The molecule has 1 rings (SSSR count). The van der Waals surface area contributed by atoms with Crippen molar-refractivity contribution in [1.82, 2.24) is 0 Å². The van der Waals surface area contributed by atoms with Crippen LogP contribution in [0.3, 0.4) is 0 Å². The standard InChI is InChI=1S/C11H10FNO3/c1-16-11(15)10(14)5-7-2-8(6-13)4-9(12)3-7/h2-4,10,14H,5H2,1H3. The third kappa shape index (κ3) is 3.04. The first kappa shape index (κ1) is 12.1. The lowest BCUT2D eigenvalue weighted by atomic mass is 10.1. The van der Waals surface area contributed by atoms with Crippen molar-refractivity contribution in [3.8, 4) is 6.07 Å². The van der Waals surface area contributed by atoms with Crippen LogP contribution >= 0.6 is 0 Å². The molecule has 4 nitrogen and oxygen atoms in total. The number of nitrogens with zero attached hydrogens (tertiary/aromatic N) is 1. The number of esters is 1. The monoisotopic (exact) mass is 223 g/mol. The highest BCUT2D eigenvalue weighted by Gasteiger charge is 2.16. The van der Waals surface area contributed by atoms with Crippen molar-refractivity contribution in [2.45, 2.75) is 12.5 Å². The quantitative estimate of drug-likeness (QED) is 0.768. The second-order valence-electron chi connectivity index (χ2n) is 3.20. The molecule has 1 atom stereocenters. The first-order valence-electron chi connectivity index (χ1n) is 4.52. The van der Waals surface area contributed by atoms with E-state index >= 15 is 0 Å². The molecule has 0 bridgehead atoms. The van der Waals surface area contributed by atoms with Gasteiger partial charge in [-0.1, -0.05) is 0 Å². The van der Waals surface area contributed by atoms with Gasteiger partial charge in [0, 0.05) is 6.42 Å². The number of rotatable bonds is 3. The fraction of sp³-hybridized carbons (Fsp3) is 0.273. The zero-order chi connectivity index (χ0) is 12.1. The van der Waals surface area contributed by atoms with Gasteiger partial charge in [-0.05, 0) is 23.8 Å². The molecule has 0 saturated heterocycles. The van der Waals surface area contributed by atoms with Gasteiger partial charge in [0.1, 0.15) is 5.82 Å². The van der Waals surface area contributed by atoms with Gasteiger partial charge in [0.25, 0.3) is 0 Å². The van der Waals surface area contributed by atoms with E-state index in [9.17, 15) is 14.3 Å². The SMILES string of the molecule is COC(=O)C(O)Cc1cc(F)cc(C#N)c1. The molecule has 0 spiro atoms. The summed E-state index contributed by atoms with van der Waals surface area (Å²) < 4.78 is 17.3. The van der Waals surface area contributed by atoms with Gasteiger partial charge in [0.15, 0.2) is 6.10 Å². The molecular formula is C11H10FNO3. The number of hydrogen-bond donors (Lipinski definition) is 1. The van der Waals surface area contributed by atoms with E-state index in [2.05, 4.69) is 4.74 Å². The Labute approximate surface area is 91.9 Å². The van der Waals surface area contributed by atoms with Gasteiger partial charge in [0.2, 0.25) is 0 Å². The molecule has 5 heteroatoms. The normalized spacial score (nSPS) is 11.6. The number of benzene rings is 1. The van der Waals surface area contributed by atoms with E-state index in [1.54, 1.807) is 6.07 Å². The fourth-order valence-corrected chi connectivity index (χ4v) is 1.28. The van der Waals surface area contributed by atoms with Crippen LogP contribution in [0.4, 0.5) is 4.39 Å². The van der Waals surface area contributed by atoms with Gasteiger partial charge >= 0.3 is 5.97 Å². The van der Waals surface area contributed by atoms with Crippen molar-refractivity contribution in [2.75, 3.05) is 7.11 Å². The number of carbonyl (C=O) groups excluding carboxylic acids is 1. The minimum Gasteiger partial charge on any atom is -0.467 e. The molecule has 0 radical (unpaired) electrons. The molecule has 84 valence electrons. The van der Waals surface area contributed by atoms with Crippen molar-refractivity contribution in [2.24, 2.45) is 0 Å². The molecule has 1 unspecified atom stereocenters. The smallest absolute Gasteiger partial charge is 0.335 e. The highest BCUT2D eigenvalue weighted by molar-refractivity contribution is 5.74. The third-order valence-corrected chi connectivity index (χ3v) is 1.99. The van der Waals surface area contributed by atoms with Crippen molar-refractivity contribution in [3.63, 3.8) is 0 Å². The van der Waals surface area contributed by atoms with Crippen LogP contribution in [0.25, 0.3) is 0 Å². The lowest BCUT2D eigenvalue weighted by Gasteiger charge is -2.08. The van der Waals surface area contributed by atoms with Gasteiger partial charge in [-0.2, -0.15) is 5.26 Å². The lowest BCUT2D eigenvalue weighted by molar-refractivity contribution is -0.150. The fourth-order valence-electron chi connectivity index (χ4n) is 1.28. The maximum absolute atomic E-state index is 13.0. The second-order valence-corrected chi connectivity index (χ2v) is 3.20. The van der Waals surface area contributed by atoms with Crippen LogP contribution in [0.15, 0.2) is 18.2 Å². The Morgan fingerprint density at radius 3 is 2.88 bits per heavy atom. The molecule has 0 fully saturated rings. The molecule has 16 heavy (non-hydrogen) atoms. The molecule has 1 aromatic rings. The van der Waals surface area contributed by atoms with E-state index in [4.69, 9.17) is 5.26 Å². The first-order chi connectivity index (χ1) is 7.56. The highest BCUT2D eigenvalue weighted by Crippen LogP contribution is 2.11. The summed E-state index contributed by atoms with van der Waals surface area (Å²) in [5, 5.41) is 18.0. The van der Waals surface area contributed by atoms with Crippen LogP contribution in [0.5, 0.6) is 0 Å². The average Bonchev–Trinajstić information content (AvgIpc) is 2.26. The van der Waals surface area contributed by atoms with Gasteiger partial charge in [0.05, 0.1) is 18.7 Å². The Balaban J connectivity index is 2.86. The van der Waals surface area contributed by atoms with E-state index < -0.39 is 17.9 Å². The number of carbonyl (C=O) groups is 1. The minimum atomic E-state index is -1.35. The molecule has 1 aromatic carbocycles. The van der Waals surface area contributed by atoms with E-state index in [0.29, 0.717) is 5.56 Å². The van der Waals surface area contributed by atoms with Crippen molar-refractivity contribution >= 4 is 5.97 Å². The van der Waals surface area contributed by atoms with Crippen LogP contribution in [-0.4, -0.2) is 24.3 Å². The highest BCUT2D eigenvalue weighted by atomic mass is 19.1. The summed E-state index contributed by atoms with van der Waals surface area (Å²) in [4.78, 5) is 10.9. The van der Waals surface area contributed by atoms with Crippen molar-refractivity contribution in [3.05, 3.63) is 35.1 Å². The second kappa shape index (κ2) is 5.24. The number of aliphatic hydroxyl groups is 1. The van der Waals surface area contributed by atoms with E-state index in [1.165, 1.54) is 6.07 Å². The van der Waals surface area contributed by atoms with Crippen molar-refractivity contribution in [1.29, 1.82) is 5.26 Å². The Morgan fingerprint density at radius 2 is 2.31 bits per heavy atom. The number of nitriles is 1. The molecule has 0 aliphatic carbocycles. The number of aliphatic hydroxyl groups excluding tert-OH is 1. The van der Waals surface area contributed by atoms with Gasteiger partial charge in [-0.25, -0.2) is 9.18 Å². The molecule has 1 N–H and O–H groups in total. The summed E-state index contributed by atoms with van der Waals surface area (Å²) >= 11 is 0. The average molecular weight is 223 g/mol. The number of ether oxygens (including phenoxy) is 1. The van der Waals surface area contributed by atoms with Crippen LogP contribution in [-0.2, 0) is 16.0 Å². The van der Waals surface area contributed by atoms with Gasteiger partial charge in [-0.15, -0.1) is 0 Å². The first-order valence-corrected chi connectivity index (χ1v) is 4.52.